The summed E-state index contributed by atoms with van der Waals surface area (Å²) in [6.45, 7) is -0.0323. The number of nitrogens with zero attached hydrogens (tertiary/aromatic N) is 6. The normalized spacial score (nSPS) is 15.0. The van der Waals surface area contributed by atoms with Crippen LogP contribution in [0, 0.1) is 5.82 Å². The smallest absolute Gasteiger partial charge is 0.351 e. The third-order valence-electron chi connectivity index (χ3n) is 4.80. The van der Waals surface area contributed by atoms with Gasteiger partial charge in [-0.3, -0.25) is 4.79 Å². The highest BCUT2D eigenvalue weighted by molar-refractivity contribution is 7.89. The molecule has 1 saturated heterocycles. The quantitative estimate of drug-likeness (QED) is 0.468. The molecule has 32 heavy (non-hydrogen) atoms. The van der Waals surface area contributed by atoms with Gasteiger partial charge in [-0.1, -0.05) is 0 Å². The van der Waals surface area contributed by atoms with Gasteiger partial charge in [-0.05, 0) is 46.1 Å². The largest absolute Gasteiger partial charge is 0.451 e. The number of rotatable bonds is 6. The summed E-state index contributed by atoms with van der Waals surface area (Å²) in [5.74, 6) is -1.64. The number of amides is 1. The van der Waals surface area contributed by atoms with Gasteiger partial charge >= 0.3 is 5.97 Å². The molecule has 14 heteroatoms. The lowest BCUT2D eigenvalue weighted by atomic mass is 10.3. The third-order valence-corrected chi connectivity index (χ3v) is 7.59. The van der Waals surface area contributed by atoms with Crippen molar-refractivity contribution in [1.82, 2.24) is 29.4 Å². The Kier molecular flexibility index (Phi) is 6.25. The van der Waals surface area contributed by atoms with Gasteiger partial charge in [-0.2, -0.15) is 8.99 Å². The van der Waals surface area contributed by atoms with Crippen LogP contribution in [0.25, 0.3) is 5.69 Å². The summed E-state index contributed by atoms with van der Waals surface area (Å²) in [7, 11) is -3.78. The van der Waals surface area contributed by atoms with Gasteiger partial charge in [0.1, 0.15) is 17.0 Å². The van der Waals surface area contributed by atoms with E-state index in [9.17, 15) is 22.4 Å². The van der Waals surface area contributed by atoms with E-state index in [1.165, 1.54) is 32.3 Å². The summed E-state index contributed by atoms with van der Waals surface area (Å²) in [5, 5.41) is 12.4. The van der Waals surface area contributed by atoms with E-state index in [0.717, 1.165) is 23.5 Å². The zero-order valence-corrected chi connectivity index (χ0v) is 18.1. The average Bonchev–Trinajstić information content (AvgIpc) is 3.49. The number of hydrogen-bond donors (Lipinski definition) is 0. The van der Waals surface area contributed by atoms with Crippen molar-refractivity contribution in [2.75, 3.05) is 32.8 Å². The van der Waals surface area contributed by atoms with Crippen molar-refractivity contribution in [3.8, 4) is 5.69 Å². The second-order valence-corrected chi connectivity index (χ2v) is 9.56. The summed E-state index contributed by atoms with van der Waals surface area (Å²) >= 11 is 1.13. The molecular formula is C18H17FN6O5S2. The van der Waals surface area contributed by atoms with E-state index in [1.54, 1.807) is 11.4 Å². The standard InChI is InChI=1S/C18H17FN6O5S2/c19-13-1-3-14(4-2-13)32(28,29)24-8-6-23(7-9-24)16(26)11-30-18(27)17-15(5-10-31-17)25-12-20-21-22-25/h1-5,10,12H,6-9,11H2. The van der Waals surface area contributed by atoms with Crippen molar-refractivity contribution in [1.29, 1.82) is 0 Å². The molecule has 3 heterocycles. The monoisotopic (exact) mass is 480 g/mol. The molecule has 168 valence electrons. The van der Waals surface area contributed by atoms with Crippen LogP contribution in [-0.4, -0.2) is 82.5 Å². The summed E-state index contributed by atoms with van der Waals surface area (Å²) < 4.78 is 46.1. The number of piperazine rings is 1. The predicted octanol–water partition coefficient (Wildman–Crippen LogP) is 0.553. The molecule has 1 aliphatic rings. The molecule has 0 saturated carbocycles. The topological polar surface area (TPSA) is 128 Å². The molecule has 1 aromatic carbocycles. The molecule has 3 aromatic rings. The van der Waals surface area contributed by atoms with Crippen LogP contribution >= 0.6 is 11.3 Å². The van der Waals surface area contributed by atoms with E-state index in [4.69, 9.17) is 4.74 Å². The number of tetrazole rings is 1. The van der Waals surface area contributed by atoms with Crippen LogP contribution in [0.4, 0.5) is 4.39 Å². The Morgan fingerprint density at radius 1 is 1.09 bits per heavy atom. The summed E-state index contributed by atoms with van der Waals surface area (Å²) in [4.78, 5) is 26.5. The summed E-state index contributed by atoms with van der Waals surface area (Å²) in [6, 6.07) is 6.23. The zero-order valence-electron chi connectivity index (χ0n) is 16.5. The van der Waals surface area contributed by atoms with Gasteiger partial charge < -0.3 is 9.64 Å². The number of halogens is 1. The third kappa shape index (κ3) is 4.51. The molecule has 11 nitrogen and oxygen atoms in total. The van der Waals surface area contributed by atoms with Crippen molar-refractivity contribution in [3.05, 3.63) is 52.7 Å². The van der Waals surface area contributed by atoms with Crippen molar-refractivity contribution in [2.45, 2.75) is 4.90 Å². The number of ether oxygens (including phenoxy) is 1. The predicted molar refractivity (Wildman–Crippen MR) is 109 cm³/mol. The molecule has 1 fully saturated rings. The summed E-state index contributed by atoms with van der Waals surface area (Å²) in [6.07, 6.45) is 1.34. The molecule has 4 rings (SSSR count). The molecule has 0 aliphatic carbocycles. The zero-order chi connectivity index (χ0) is 22.7. The number of carbonyl (C=O) groups excluding carboxylic acids is 2. The Balaban J connectivity index is 1.31. The Labute approximate surface area is 186 Å². The highest BCUT2D eigenvalue weighted by Crippen LogP contribution is 2.21. The van der Waals surface area contributed by atoms with Gasteiger partial charge in [-0.15, -0.1) is 16.4 Å². The minimum Gasteiger partial charge on any atom is -0.451 e. The number of benzene rings is 1. The lowest BCUT2D eigenvalue weighted by molar-refractivity contribution is -0.135. The van der Waals surface area contributed by atoms with Crippen molar-refractivity contribution < 1.29 is 27.1 Å². The number of esters is 1. The van der Waals surface area contributed by atoms with Gasteiger partial charge in [0.15, 0.2) is 6.61 Å². The first kappa shape index (κ1) is 22.0. The first-order valence-corrected chi connectivity index (χ1v) is 11.7. The fourth-order valence-electron chi connectivity index (χ4n) is 3.12. The maximum Gasteiger partial charge on any atom is 0.351 e. The first-order valence-electron chi connectivity index (χ1n) is 9.38. The van der Waals surface area contributed by atoms with Gasteiger partial charge in [-0.25, -0.2) is 17.6 Å². The van der Waals surface area contributed by atoms with Crippen molar-refractivity contribution in [2.24, 2.45) is 0 Å². The average molecular weight is 481 g/mol. The van der Waals surface area contributed by atoms with Crippen LogP contribution in [-0.2, 0) is 19.6 Å². The first-order chi connectivity index (χ1) is 15.4. The minimum absolute atomic E-state index is 0.0121. The maximum atomic E-state index is 13.1. The SMILES string of the molecule is O=C(OCC(=O)N1CCN(S(=O)(=O)c2ccc(F)cc2)CC1)c1sccc1-n1cnnn1. The van der Waals surface area contributed by atoms with E-state index in [1.807, 2.05) is 0 Å². The highest BCUT2D eigenvalue weighted by Gasteiger charge is 2.30. The van der Waals surface area contributed by atoms with Gasteiger partial charge in [0, 0.05) is 26.2 Å². The second-order valence-electron chi connectivity index (χ2n) is 6.70. The molecule has 1 aliphatic heterocycles. The molecular weight excluding hydrogens is 463 g/mol. The van der Waals surface area contributed by atoms with Crippen LogP contribution in [0.15, 0.2) is 46.9 Å². The number of carbonyl (C=O) groups is 2. The second kappa shape index (κ2) is 9.10. The lowest BCUT2D eigenvalue weighted by Crippen LogP contribution is -2.51. The highest BCUT2D eigenvalue weighted by atomic mass is 32.2. The Morgan fingerprint density at radius 2 is 1.81 bits per heavy atom. The number of aromatic nitrogens is 4. The Bertz CT molecular complexity index is 1200. The summed E-state index contributed by atoms with van der Waals surface area (Å²) in [5.41, 5.74) is 0.442. The van der Waals surface area contributed by atoms with Gasteiger partial charge in [0.05, 0.1) is 10.6 Å². The molecule has 0 spiro atoms. The van der Waals surface area contributed by atoms with Gasteiger partial charge in [0.2, 0.25) is 10.0 Å². The lowest BCUT2D eigenvalue weighted by Gasteiger charge is -2.33. The maximum absolute atomic E-state index is 13.1. The van der Waals surface area contributed by atoms with Crippen LogP contribution < -0.4 is 0 Å². The number of hydrogen-bond acceptors (Lipinski definition) is 9. The minimum atomic E-state index is -3.78. The molecule has 0 N–H and O–H groups in total. The Morgan fingerprint density at radius 3 is 2.47 bits per heavy atom. The number of sulfonamides is 1. The fourth-order valence-corrected chi connectivity index (χ4v) is 5.32. The van der Waals surface area contributed by atoms with E-state index in [0.29, 0.717) is 5.69 Å². The van der Waals surface area contributed by atoms with Crippen molar-refractivity contribution >= 4 is 33.2 Å². The molecule has 0 bridgehead atoms. The van der Waals surface area contributed by atoms with Gasteiger partial charge in [0.25, 0.3) is 5.91 Å². The van der Waals surface area contributed by atoms with E-state index >= 15 is 0 Å². The Hall–Kier alpha value is -3.23. The fraction of sp³-hybridized carbons (Fsp3) is 0.278. The molecule has 0 atom stereocenters. The molecule has 0 radical (unpaired) electrons. The van der Waals surface area contributed by atoms with Crippen molar-refractivity contribution in [3.63, 3.8) is 0 Å². The molecule has 2 aromatic heterocycles. The van der Waals surface area contributed by atoms with Crippen LogP contribution in [0.1, 0.15) is 9.67 Å². The van der Waals surface area contributed by atoms with Crippen LogP contribution in [0.3, 0.4) is 0 Å². The number of thiophene rings is 1. The van der Waals surface area contributed by atoms with Crippen LogP contribution in [0.2, 0.25) is 0 Å². The van der Waals surface area contributed by atoms with E-state index < -0.39 is 34.3 Å². The van der Waals surface area contributed by atoms with E-state index in [2.05, 4.69) is 15.5 Å². The molecule has 1 amide bonds. The van der Waals surface area contributed by atoms with E-state index in [-0.39, 0.29) is 36.0 Å². The van der Waals surface area contributed by atoms with Crippen LogP contribution in [0.5, 0.6) is 0 Å². The molecule has 0 unspecified atom stereocenters.